The molecule has 2 aromatic rings. The average molecular weight is 477 g/mol. The molecular weight excluding hydrogens is 448 g/mol. The maximum absolute atomic E-state index is 13.1. The Kier molecular flexibility index (Phi) is 9.67. The molecule has 6 nitrogen and oxygen atoms in total. The Morgan fingerprint density at radius 1 is 1.03 bits per heavy atom. The number of amides is 2. The van der Waals surface area contributed by atoms with Gasteiger partial charge in [0.2, 0.25) is 5.91 Å². The van der Waals surface area contributed by atoms with Crippen LogP contribution in [0, 0.1) is 0 Å². The van der Waals surface area contributed by atoms with Crippen molar-refractivity contribution in [1.82, 2.24) is 10.2 Å². The summed E-state index contributed by atoms with van der Waals surface area (Å²) >= 11 is 3.38. The number of ether oxygens (including phenoxy) is 2. The van der Waals surface area contributed by atoms with Gasteiger partial charge in [0.15, 0.2) is 6.61 Å². The number of hydrogen-bond acceptors (Lipinski definition) is 4. The largest absolute Gasteiger partial charge is 0.497 e. The van der Waals surface area contributed by atoms with Crippen LogP contribution in [0.4, 0.5) is 0 Å². The molecule has 0 bridgehead atoms. The Morgan fingerprint density at radius 3 is 2.23 bits per heavy atom. The van der Waals surface area contributed by atoms with E-state index in [9.17, 15) is 9.59 Å². The van der Waals surface area contributed by atoms with Crippen molar-refractivity contribution in [2.45, 2.75) is 39.3 Å². The summed E-state index contributed by atoms with van der Waals surface area (Å²) in [6, 6.07) is 14.2. The minimum absolute atomic E-state index is 0.144. The van der Waals surface area contributed by atoms with E-state index in [1.165, 1.54) is 0 Å². The normalized spacial score (nSPS) is 11.5. The van der Waals surface area contributed by atoms with E-state index in [0.717, 1.165) is 22.2 Å². The summed E-state index contributed by atoms with van der Waals surface area (Å²) in [5.74, 6) is 0.944. The Bertz CT molecular complexity index is 809. The molecule has 162 valence electrons. The lowest BCUT2D eigenvalue weighted by molar-refractivity contribution is -0.143. The van der Waals surface area contributed by atoms with Gasteiger partial charge in [-0.15, -0.1) is 0 Å². The van der Waals surface area contributed by atoms with Gasteiger partial charge in [-0.2, -0.15) is 0 Å². The second-order valence-electron chi connectivity index (χ2n) is 6.83. The average Bonchev–Trinajstić information content (AvgIpc) is 2.77. The van der Waals surface area contributed by atoms with E-state index in [2.05, 4.69) is 21.2 Å². The molecule has 0 heterocycles. The second-order valence-corrected chi connectivity index (χ2v) is 7.74. The Balaban J connectivity index is 2.17. The van der Waals surface area contributed by atoms with Gasteiger partial charge < -0.3 is 19.7 Å². The zero-order chi connectivity index (χ0) is 21.9. The van der Waals surface area contributed by atoms with Crippen LogP contribution in [-0.4, -0.2) is 43.0 Å². The Morgan fingerprint density at radius 2 is 1.67 bits per heavy atom. The lowest BCUT2D eigenvalue weighted by atomic mass is 10.1. The summed E-state index contributed by atoms with van der Waals surface area (Å²) in [5.41, 5.74) is 0.912. The molecule has 30 heavy (non-hydrogen) atoms. The van der Waals surface area contributed by atoms with Crippen molar-refractivity contribution in [2.75, 3.05) is 20.3 Å². The van der Waals surface area contributed by atoms with Crippen molar-refractivity contribution in [3.63, 3.8) is 0 Å². The third kappa shape index (κ3) is 7.06. The molecule has 1 atom stereocenters. The molecule has 1 N–H and O–H groups in total. The highest BCUT2D eigenvalue weighted by atomic mass is 79.9. The van der Waals surface area contributed by atoms with Gasteiger partial charge in [0.05, 0.1) is 7.11 Å². The highest BCUT2D eigenvalue weighted by Crippen LogP contribution is 2.18. The molecule has 2 rings (SSSR count). The van der Waals surface area contributed by atoms with E-state index >= 15 is 0 Å². The van der Waals surface area contributed by atoms with Crippen LogP contribution >= 0.6 is 15.9 Å². The molecule has 2 amide bonds. The van der Waals surface area contributed by atoms with Gasteiger partial charge >= 0.3 is 0 Å². The lowest BCUT2D eigenvalue weighted by Crippen LogP contribution is -2.50. The van der Waals surface area contributed by atoms with Crippen LogP contribution in [0.3, 0.4) is 0 Å². The van der Waals surface area contributed by atoms with Gasteiger partial charge in [-0.05, 0) is 54.8 Å². The fourth-order valence-corrected chi connectivity index (χ4v) is 3.24. The summed E-state index contributed by atoms with van der Waals surface area (Å²) in [7, 11) is 1.61. The molecule has 7 heteroatoms. The zero-order valence-electron chi connectivity index (χ0n) is 17.7. The van der Waals surface area contributed by atoms with E-state index in [1.54, 1.807) is 24.1 Å². The van der Waals surface area contributed by atoms with Crippen LogP contribution in [-0.2, 0) is 16.1 Å². The summed E-state index contributed by atoms with van der Waals surface area (Å²) in [5, 5.41) is 2.90. The van der Waals surface area contributed by atoms with Crippen molar-refractivity contribution in [1.29, 1.82) is 0 Å². The number of methoxy groups -OCH3 is 1. The highest BCUT2D eigenvalue weighted by molar-refractivity contribution is 9.10. The van der Waals surface area contributed by atoms with Crippen LogP contribution in [0.1, 0.15) is 32.3 Å². The van der Waals surface area contributed by atoms with Crippen LogP contribution in [0.2, 0.25) is 0 Å². The number of carbonyl (C=O) groups is 2. The van der Waals surface area contributed by atoms with Gasteiger partial charge in [0, 0.05) is 17.6 Å². The molecule has 0 aliphatic rings. The molecule has 0 aromatic heterocycles. The molecule has 0 spiro atoms. The van der Waals surface area contributed by atoms with E-state index in [4.69, 9.17) is 9.47 Å². The predicted molar refractivity (Wildman–Crippen MR) is 121 cm³/mol. The maximum Gasteiger partial charge on any atom is 0.261 e. The summed E-state index contributed by atoms with van der Waals surface area (Å²) in [6.45, 7) is 4.64. The first-order chi connectivity index (χ1) is 14.5. The topological polar surface area (TPSA) is 67.9 Å². The van der Waals surface area contributed by atoms with Crippen LogP contribution in [0.5, 0.6) is 11.5 Å². The minimum atomic E-state index is -0.570. The van der Waals surface area contributed by atoms with Gasteiger partial charge in [-0.25, -0.2) is 0 Å². The van der Waals surface area contributed by atoms with Crippen LogP contribution in [0.25, 0.3) is 0 Å². The third-order valence-corrected chi connectivity index (χ3v) is 5.15. The standard InChI is InChI=1S/C23H29BrN2O4/c1-4-14-25-23(28)21(5-2)26(15-17-6-10-19(29-3)11-7-17)22(27)16-30-20-12-8-18(24)9-13-20/h6-13,21H,4-5,14-16H2,1-3H3,(H,25,28)/t21-/m0/s1. The van der Waals surface area contributed by atoms with Gasteiger partial charge in [0.25, 0.3) is 5.91 Å². The molecule has 0 saturated carbocycles. The van der Waals surface area contributed by atoms with Crippen LogP contribution in [0.15, 0.2) is 53.0 Å². The van der Waals surface area contributed by atoms with Crippen molar-refractivity contribution in [2.24, 2.45) is 0 Å². The van der Waals surface area contributed by atoms with E-state index < -0.39 is 6.04 Å². The molecule has 0 radical (unpaired) electrons. The fourth-order valence-electron chi connectivity index (χ4n) is 2.97. The van der Waals surface area contributed by atoms with Gasteiger partial charge in [-0.3, -0.25) is 9.59 Å². The first-order valence-electron chi connectivity index (χ1n) is 10.1. The summed E-state index contributed by atoms with van der Waals surface area (Å²) in [6.07, 6.45) is 1.34. The van der Waals surface area contributed by atoms with E-state index in [1.807, 2.05) is 50.2 Å². The molecule has 0 aliphatic heterocycles. The van der Waals surface area contributed by atoms with Crippen molar-refractivity contribution in [3.05, 3.63) is 58.6 Å². The second kappa shape index (κ2) is 12.2. The third-order valence-electron chi connectivity index (χ3n) is 4.62. The Labute approximate surface area is 186 Å². The molecule has 2 aromatic carbocycles. The Hall–Kier alpha value is -2.54. The monoisotopic (exact) mass is 476 g/mol. The number of hydrogen-bond donors (Lipinski definition) is 1. The highest BCUT2D eigenvalue weighted by Gasteiger charge is 2.28. The molecular formula is C23H29BrN2O4. The van der Waals surface area contributed by atoms with Gasteiger partial charge in [-0.1, -0.05) is 41.9 Å². The minimum Gasteiger partial charge on any atom is -0.497 e. The number of carbonyl (C=O) groups excluding carboxylic acids is 2. The SMILES string of the molecule is CCCNC(=O)[C@H](CC)N(Cc1ccc(OC)cc1)C(=O)COc1ccc(Br)cc1. The first-order valence-corrected chi connectivity index (χ1v) is 10.9. The van der Waals surface area contributed by atoms with Crippen molar-refractivity contribution in [3.8, 4) is 11.5 Å². The quantitative estimate of drug-likeness (QED) is 0.528. The van der Waals surface area contributed by atoms with Crippen molar-refractivity contribution >= 4 is 27.7 Å². The van der Waals surface area contributed by atoms with E-state index in [-0.39, 0.29) is 18.4 Å². The molecule has 0 saturated heterocycles. The number of nitrogens with one attached hydrogen (secondary N) is 1. The predicted octanol–water partition coefficient (Wildman–Crippen LogP) is 4.17. The van der Waals surface area contributed by atoms with Crippen LogP contribution < -0.4 is 14.8 Å². The van der Waals surface area contributed by atoms with Gasteiger partial charge in [0.1, 0.15) is 17.5 Å². The molecule has 0 aliphatic carbocycles. The zero-order valence-corrected chi connectivity index (χ0v) is 19.3. The summed E-state index contributed by atoms with van der Waals surface area (Å²) < 4.78 is 11.8. The number of nitrogens with zero attached hydrogens (tertiary/aromatic N) is 1. The fraction of sp³-hybridized carbons (Fsp3) is 0.391. The number of halogens is 1. The number of benzene rings is 2. The maximum atomic E-state index is 13.1. The lowest BCUT2D eigenvalue weighted by Gasteiger charge is -2.30. The smallest absolute Gasteiger partial charge is 0.261 e. The van der Waals surface area contributed by atoms with Crippen molar-refractivity contribution < 1.29 is 19.1 Å². The summed E-state index contributed by atoms with van der Waals surface area (Å²) in [4.78, 5) is 27.4. The first kappa shape index (κ1) is 23.7. The molecule has 0 fully saturated rings. The number of rotatable bonds is 11. The molecule has 0 unspecified atom stereocenters. The van der Waals surface area contributed by atoms with E-state index in [0.29, 0.717) is 25.3 Å².